The summed E-state index contributed by atoms with van der Waals surface area (Å²) in [5.41, 5.74) is 2.98. The molecule has 5 heteroatoms. The van der Waals surface area contributed by atoms with Gasteiger partial charge in [0.25, 0.3) is 5.56 Å². The van der Waals surface area contributed by atoms with E-state index in [2.05, 4.69) is 9.97 Å². The van der Waals surface area contributed by atoms with Gasteiger partial charge in [0.2, 0.25) is 0 Å². The molecule has 84 valence electrons. The van der Waals surface area contributed by atoms with Crippen LogP contribution in [-0.4, -0.2) is 20.6 Å². The maximum Gasteiger partial charge on any atom is 0.263 e. The number of hydrogen-bond acceptors (Lipinski definition) is 4. The van der Waals surface area contributed by atoms with Gasteiger partial charge in [-0.05, 0) is 27.0 Å². The Morgan fingerprint density at radius 2 is 1.94 bits per heavy atom. The van der Waals surface area contributed by atoms with Crippen molar-refractivity contribution in [2.75, 3.05) is 6.26 Å². The summed E-state index contributed by atoms with van der Waals surface area (Å²) in [6, 6.07) is 1.83. The first kappa shape index (κ1) is 11.1. The molecule has 0 atom stereocenters. The average molecular weight is 235 g/mol. The van der Waals surface area contributed by atoms with E-state index < -0.39 is 0 Å². The molecular weight excluding hydrogens is 222 g/mol. The van der Waals surface area contributed by atoms with E-state index in [0.717, 1.165) is 11.4 Å². The lowest BCUT2D eigenvalue weighted by Crippen LogP contribution is -2.21. The van der Waals surface area contributed by atoms with Crippen LogP contribution < -0.4 is 5.56 Å². The molecule has 0 aromatic carbocycles. The summed E-state index contributed by atoms with van der Waals surface area (Å²) < 4.78 is 1.57. The highest BCUT2D eigenvalue weighted by Gasteiger charge is 2.10. The van der Waals surface area contributed by atoms with Gasteiger partial charge in [-0.3, -0.25) is 4.79 Å². The maximum absolute atomic E-state index is 12.1. The van der Waals surface area contributed by atoms with E-state index >= 15 is 0 Å². The van der Waals surface area contributed by atoms with Crippen molar-refractivity contribution in [2.45, 2.75) is 25.9 Å². The monoisotopic (exact) mass is 235 g/mol. The van der Waals surface area contributed by atoms with Crippen LogP contribution in [0, 0.1) is 20.8 Å². The summed E-state index contributed by atoms with van der Waals surface area (Å²) in [6.07, 6.45) is 1.91. The van der Waals surface area contributed by atoms with E-state index in [1.807, 2.05) is 26.2 Å². The Labute approximate surface area is 97.7 Å². The van der Waals surface area contributed by atoms with Crippen molar-refractivity contribution in [1.82, 2.24) is 14.4 Å². The Hall–Kier alpha value is -1.36. The Bertz CT molecular complexity index is 619. The van der Waals surface area contributed by atoms with Crippen LogP contribution in [0.5, 0.6) is 0 Å². The molecule has 0 unspecified atom stereocenters. The minimum absolute atomic E-state index is 0.0284. The van der Waals surface area contributed by atoms with Gasteiger partial charge in [-0.25, -0.2) is 14.4 Å². The molecule has 0 amide bonds. The van der Waals surface area contributed by atoms with Crippen molar-refractivity contribution in [2.24, 2.45) is 0 Å². The Kier molecular flexibility index (Phi) is 2.71. The molecule has 4 nitrogen and oxygen atoms in total. The predicted molar refractivity (Wildman–Crippen MR) is 65.2 cm³/mol. The van der Waals surface area contributed by atoms with E-state index in [-0.39, 0.29) is 5.56 Å². The zero-order valence-electron chi connectivity index (χ0n) is 9.74. The normalized spacial score (nSPS) is 11.0. The Balaban J connectivity index is 3.01. The molecule has 0 aliphatic carbocycles. The van der Waals surface area contributed by atoms with Crippen LogP contribution in [0.3, 0.4) is 0 Å². The largest absolute Gasteiger partial charge is 0.268 e. The molecule has 2 aromatic rings. The third-order valence-corrected chi connectivity index (χ3v) is 3.20. The fourth-order valence-corrected chi connectivity index (χ4v) is 2.17. The number of nitrogens with zero attached hydrogens (tertiary/aromatic N) is 3. The molecule has 2 aromatic heterocycles. The predicted octanol–water partition coefficient (Wildman–Crippen LogP) is 1.74. The molecule has 2 heterocycles. The van der Waals surface area contributed by atoms with Crippen molar-refractivity contribution in [3.8, 4) is 0 Å². The molecule has 0 spiro atoms. The fraction of sp³-hybridized carbons (Fsp3) is 0.364. The number of thioether (sulfide) groups is 1. The number of hydrogen-bond donors (Lipinski definition) is 0. The lowest BCUT2D eigenvalue weighted by Gasteiger charge is -2.08. The standard InChI is InChI=1S/C11H13N3OS/c1-6-5-9-13-8(3)7(2)10(15)14(9)11(12-6)16-4/h5H,1-4H3. The fourth-order valence-electron chi connectivity index (χ4n) is 1.57. The molecule has 0 saturated heterocycles. The van der Waals surface area contributed by atoms with Gasteiger partial charge in [0.1, 0.15) is 5.65 Å². The second-order valence-electron chi connectivity index (χ2n) is 3.71. The van der Waals surface area contributed by atoms with Crippen LogP contribution in [0.2, 0.25) is 0 Å². The molecule has 0 bridgehead atoms. The van der Waals surface area contributed by atoms with Gasteiger partial charge in [0.15, 0.2) is 5.16 Å². The van der Waals surface area contributed by atoms with E-state index in [1.54, 1.807) is 11.3 Å². The first-order chi connectivity index (χ1) is 7.54. The zero-order chi connectivity index (χ0) is 11.9. The SMILES string of the molecule is CSc1nc(C)cc2nc(C)c(C)c(=O)n12. The third-order valence-electron chi connectivity index (χ3n) is 2.56. The molecule has 0 fully saturated rings. The van der Waals surface area contributed by atoms with Crippen molar-refractivity contribution < 1.29 is 0 Å². The molecule has 0 saturated carbocycles. The molecule has 2 rings (SSSR count). The Morgan fingerprint density at radius 3 is 2.56 bits per heavy atom. The van der Waals surface area contributed by atoms with Crippen LogP contribution >= 0.6 is 11.8 Å². The van der Waals surface area contributed by atoms with Gasteiger partial charge in [0.05, 0.1) is 0 Å². The van der Waals surface area contributed by atoms with E-state index in [0.29, 0.717) is 16.4 Å². The van der Waals surface area contributed by atoms with Crippen molar-refractivity contribution >= 4 is 17.4 Å². The summed E-state index contributed by atoms with van der Waals surface area (Å²) in [6.45, 7) is 5.55. The highest BCUT2D eigenvalue weighted by molar-refractivity contribution is 7.98. The Morgan fingerprint density at radius 1 is 1.25 bits per heavy atom. The minimum Gasteiger partial charge on any atom is -0.268 e. The van der Waals surface area contributed by atoms with Crippen LogP contribution in [0.25, 0.3) is 5.65 Å². The van der Waals surface area contributed by atoms with Gasteiger partial charge in [-0.1, -0.05) is 11.8 Å². The van der Waals surface area contributed by atoms with Crippen LogP contribution in [-0.2, 0) is 0 Å². The summed E-state index contributed by atoms with van der Waals surface area (Å²) >= 11 is 1.45. The summed E-state index contributed by atoms with van der Waals surface area (Å²) in [7, 11) is 0. The van der Waals surface area contributed by atoms with Crippen molar-refractivity contribution in [1.29, 1.82) is 0 Å². The maximum atomic E-state index is 12.1. The smallest absolute Gasteiger partial charge is 0.263 e. The lowest BCUT2D eigenvalue weighted by molar-refractivity contribution is 0.818. The lowest BCUT2D eigenvalue weighted by atomic mass is 10.2. The quantitative estimate of drug-likeness (QED) is 0.558. The highest BCUT2D eigenvalue weighted by atomic mass is 32.2. The zero-order valence-corrected chi connectivity index (χ0v) is 10.6. The molecule has 0 aliphatic heterocycles. The number of aryl methyl sites for hydroxylation is 2. The third kappa shape index (κ3) is 1.61. The van der Waals surface area contributed by atoms with Gasteiger partial charge in [-0.15, -0.1) is 0 Å². The number of rotatable bonds is 1. The molecule has 0 radical (unpaired) electrons. The van der Waals surface area contributed by atoms with Gasteiger partial charge < -0.3 is 0 Å². The summed E-state index contributed by atoms with van der Waals surface area (Å²) in [4.78, 5) is 20.9. The van der Waals surface area contributed by atoms with Crippen LogP contribution in [0.4, 0.5) is 0 Å². The number of fused-ring (bicyclic) bond motifs is 1. The van der Waals surface area contributed by atoms with Gasteiger partial charge >= 0.3 is 0 Å². The second-order valence-corrected chi connectivity index (χ2v) is 4.48. The number of aromatic nitrogens is 3. The minimum atomic E-state index is -0.0284. The van der Waals surface area contributed by atoms with E-state index in [4.69, 9.17) is 0 Å². The second kappa shape index (κ2) is 3.90. The van der Waals surface area contributed by atoms with E-state index in [1.165, 1.54) is 11.8 Å². The average Bonchev–Trinajstić information content (AvgIpc) is 2.24. The molecular formula is C11H13N3OS. The first-order valence-electron chi connectivity index (χ1n) is 4.96. The topological polar surface area (TPSA) is 47.3 Å². The summed E-state index contributed by atoms with van der Waals surface area (Å²) in [5.74, 6) is 0. The molecule has 0 aliphatic rings. The first-order valence-corrected chi connectivity index (χ1v) is 6.18. The molecule has 0 N–H and O–H groups in total. The van der Waals surface area contributed by atoms with Crippen LogP contribution in [0.15, 0.2) is 16.0 Å². The summed E-state index contributed by atoms with van der Waals surface area (Å²) in [5, 5.41) is 0.690. The van der Waals surface area contributed by atoms with E-state index in [9.17, 15) is 4.79 Å². The van der Waals surface area contributed by atoms with Gasteiger partial charge in [-0.2, -0.15) is 0 Å². The van der Waals surface area contributed by atoms with Gasteiger partial charge in [0, 0.05) is 23.0 Å². The van der Waals surface area contributed by atoms with Crippen molar-refractivity contribution in [3.63, 3.8) is 0 Å². The molecule has 16 heavy (non-hydrogen) atoms. The highest BCUT2D eigenvalue weighted by Crippen LogP contribution is 2.14. The van der Waals surface area contributed by atoms with Crippen molar-refractivity contribution in [3.05, 3.63) is 33.4 Å². The van der Waals surface area contributed by atoms with Crippen LogP contribution in [0.1, 0.15) is 17.0 Å².